The maximum atomic E-state index is 12.8. The molecule has 1 aliphatic carbocycles. The van der Waals surface area contributed by atoms with Crippen LogP contribution in [0.25, 0.3) is 5.69 Å². The molecule has 1 aliphatic heterocycles. The first-order valence-electron chi connectivity index (χ1n) is 8.16. The molecule has 1 amide bonds. The van der Waals surface area contributed by atoms with Crippen LogP contribution >= 0.6 is 0 Å². The van der Waals surface area contributed by atoms with Crippen molar-refractivity contribution in [3.63, 3.8) is 0 Å². The summed E-state index contributed by atoms with van der Waals surface area (Å²) in [5.74, 6) is -0.915. The molecule has 3 atom stereocenters. The highest BCUT2D eigenvalue weighted by Crippen LogP contribution is 2.42. The molecule has 2 heterocycles. The first kappa shape index (κ1) is 14.9. The lowest BCUT2D eigenvalue weighted by molar-refractivity contribution is -0.142. The molecule has 1 N–H and O–H groups in total. The number of nitrogens with zero attached hydrogens (tertiary/aromatic N) is 4. The molecule has 1 aromatic carbocycles. The fourth-order valence-corrected chi connectivity index (χ4v) is 4.02. The number of amides is 1. The highest BCUT2D eigenvalue weighted by molar-refractivity contribution is 5.95. The van der Waals surface area contributed by atoms with Gasteiger partial charge in [0.25, 0.3) is 5.91 Å². The van der Waals surface area contributed by atoms with E-state index < -0.39 is 12.0 Å². The number of aliphatic carboxylic acids is 1. The summed E-state index contributed by atoms with van der Waals surface area (Å²) in [6, 6.07) is 8.56. The lowest BCUT2D eigenvalue weighted by Gasteiger charge is -2.23. The molecule has 0 bridgehead atoms. The number of likely N-dealkylation sites (tertiary alicyclic amines) is 1. The lowest BCUT2D eigenvalue weighted by atomic mass is 9.94. The van der Waals surface area contributed by atoms with E-state index in [-0.39, 0.29) is 17.5 Å². The molecular formula is C17H18N4O3. The van der Waals surface area contributed by atoms with Gasteiger partial charge in [0.2, 0.25) is 0 Å². The average Bonchev–Trinajstić information content (AvgIpc) is 3.29. The Hall–Kier alpha value is -2.70. The number of carboxylic acids is 1. The van der Waals surface area contributed by atoms with Crippen LogP contribution in [-0.4, -0.2) is 49.5 Å². The number of carbonyl (C=O) groups is 2. The number of para-hydroxylation sites is 1. The Labute approximate surface area is 138 Å². The summed E-state index contributed by atoms with van der Waals surface area (Å²) in [4.78, 5) is 27.3. The summed E-state index contributed by atoms with van der Waals surface area (Å²) >= 11 is 0. The molecule has 124 valence electrons. The van der Waals surface area contributed by atoms with Crippen LogP contribution < -0.4 is 0 Å². The van der Waals surface area contributed by atoms with E-state index in [0.717, 1.165) is 24.9 Å². The number of fused-ring (bicyclic) bond motifs is 1. The van der Waals surface area contributed by atoms with Gasteiger partial charge in [-0.1, -0.05) is 24.6 Å². The van der Waals surface area contributed by atoms with Crippen LogP contribution in [0.1, 0.15) is 29.8 Å². The van der Waals surface area contributed by atoms with Crippen molar-refractivity contribution in [2.45, 2.75) is 25.3 Å². The zero-order valence-corrected chi connectivity index (χ0v) is 13.1. The van der Waals surface area contributed by atoms with Gasteiger partial charge in [0.05, 0.1) is 11.9 Å². The Balaban J connectivity index is 1.60. The minimum Gasteiger partial charge on any atom is -0.480 e. The molecule has 0 radical (unpaired) electrons. The van der Waals surface area contributed by atoms with E-state index in [1.165, 1.54) is 15.9 Å². The third-order valence-corrected chi connectivity index (χ3v) is 5.10. The number of carbonyl (C=O) groups excluding carboxylic acids is 1. The third kappa shape index (κ3) is 2.36. The predicted molar refractivity (Wildman–Crippen MR) is 84.7 cm³/mol. The average molecular weight is 326 g/mol. The Morgan fingerprint density at radius 2 is 1.96 bits per heavy atom. The highest BCUT2D eigenvalue weighted by atomic mass is 16.4. The Morgan fingerprint density at radius 3 is 2.71 bits per heavy atom. The number of hydrogen-bond donors (Lipinski definition) is 1. The standard InChI is InChI=1S/C17H18N4O3/c22-16(14-9-18-21(19-14)12-6-2-1-3-7-12)20-10-11-5-4-8-13(11)15(20)17(23)24/h1-3,6-7,9,11,13,15H,4-5,8,10H2,(H,23,24). The van der Waals surface area contributed by atoms with Gasteiger partial charge >= 0.3 is 5.97 Å². The molecule has 2 aliphatic rings. The van der Waals surface area contributed by atoms with Crippen molar-refractivity contribution in [2.24, 2.45) is 11.8 Å². The molecule has 2 aromatic rings. The minimum atomic E-state index is -0.923. The second-order valence-corrected chi connectivity index (χ2v) is 6.45. The van der Waals surface area contributed by atoms with E-state index >= 15 is 0 Å². The summed E-state index contributed by atoms with van der Waals surface area (Å²) in [7, 11) is 0. The molecule has 0 spiro atoms. The fourth-order valence-electron chi connectivity index (χ4n) is 4.02. The van der Waals surface area contributed by atoms with Crippen LogP contribution in [0.15, 0.2) is 36.5 Å². The van der Waals surface area contributed by atoms with E-state index in [1.54, 1.807) is 0 Å². The van der Waals surface area contributed by atoms with Gasteiger partial charge in [0.1, 0.15) is 6.04 Å². The van der Waals surface area contributed by atoms with Gasteiger partial charge < -0.3 is 10.0 Å². The van der Waals surface area contributed by atoms with E-state index in [9.17, 15) is 14.7 Å². The Bertz CT molecular complexity index is 773. The molecule has 2 fully saturated rings. The van der Waals surface area contributed by atoms with Crippen LogP contribution in [0.5, 0.6) is 0 Å². The fraction of sp³-hybridized carbons (Fsp3) is 0.412. The van der Waals surface area contributed by atoms with Crippen molar-refractivity contribution >= 4 is 11.9 Å². The van der Waals surface area contributed by atoms with Gasteiger partial charge in [-0.15, -0.1) is 5.10 Å². The van der Waals surface area contributed by atoms with E-state index in [1.807, 2.05) is 30.3 Å². The number of hydrogen-bond acceptors (Lipinski definition) is 4. The monoisotopic (exact) mass is 326 g/mol. The van der Waals surface area contributed by atoms with Crippen LogP contribution in [0.2, 0.25) is 0 Å². The summed E-state index contributed by atoms with van der Waals surface area (Å²) < 4.78 is 0. The second-order valence-electron chi connectivity index (χ2n) is 6.45. The van der Waals surface area contributed by atoms with Gasteiger partial charge in [0, 0.05) is 6.54 Å². The predicted octanol–water partition coefficient (Wildman–Crippen LogP) is 1.59. The molecule has 7 heteroatoms. The highest BCUT2D eigenvalue weighted by Gasteiger charge is 2.50. The zero-order valence-electron chi connectivity index (χ0n) is 13.1. The number of rotatable bonds is 3. The topological polar surface area (TPSA) is 88.3 Å². The normalized spacial score (nSPS) is 25.7. The van der Waals surface area contributed by atoms with Crippen LogP contribution in [-0.2, 0) is 4.79 Å². The van der Waals surface area contributed by atoms with Crippen LogP contribution in [0, 0.1) is 11.8 Å². The number of benzene rings is 1. The quantitative estimate of drug-likeness (QED) is 0.925. The maximum Gasteiger partial charge on any atom is 0.326 e. The Morgan fingerprint density at radius 1 is 1.17 bits per heavy atom. The van der Waals surface area contributed by atoms with E-state index in [4.69, 9.17) is 0 Å². The van der Waals surface area contributed by atoms with Crippen molar-refractivity contribution in [3.8, 4) is 5.69 Å². The summed E-state index contributed by atoms with van der Waals surface area (Å²) in [6.45, 7) is 0.499. The Kier molecular flexibility index (Phi) is 3.55. The molecule has 3 unspecified atom stereocenters. The third-order valence-electron chi connectivity index (χ3n) is 5.10. The van der Waals surface area contributed by atoms with Crippen molar-refractivity contribution in [1.29, 1.82) is 0 Å². The van der Waals surface area contributed by atoms with Gasteiger partial charge in [0.15, 0.2) is 5.69 Å². The van der Waals surface area contributed by atoms with E-state index in [0.29, 0.717) is 12.5 Å². The lowest BCUT2D eigenvalue weighted by Crippen LogP contribution is -2.43. The maximum absolute atomic E-state index is 12.8. The second kappa shape index (κ2) is 5.74. The first-order chi connectivity index (χ1) is 11.6. The van der Waals surface area contributed by atoms with Crippen molar-refractivity contribution < 1.29 is 14.7 Å². The summed E-state index contributed by atoms with van der Waals surface area (Å²) in [5.41, 5.74) is 0.940. The van der Waals surface area contributed by atoms with Gasteiger partial charge in [-0.3, -0.25) is 4.79 Å². The van der Waals surface area contributed by atoms with Crippen LogP contribution in [0.4, 0.5) is 0 Å². The molecule has 4 rings (SSSR count). The van der Waals surface area contributed by atoms with E-state index in [2.05, 4.69) is 10.2 Å². The first-order valence-corrected chi connectivity index (χ1v) is 8.16. The molecule has 1 saturated heterocycles. The van der Waals surface area contributed by atoms with Crippen LogP contribution in [0.3, 0.4) is 0 Å². The molecular weight excluding hydrogens is 308 g/mol. The molecule has 1 aromatic heterocycles. The largest absolute Gasteiger partial charge is 0.480 e. The van der Waals surface area contributed by atoms with Crippen molar-refractivity contribution in [2.75, 3.05) is 6.54 Å². The summed E-state index contributed by atoms with van der Waals surface area (Å²) in [6.07, 6.45) is 4.32. The summed E-state index contributed by atoms with van der Waals surface area (Å²) in [5, 5.41) is 17.9. The smallest absolute Gasteiger partial charge is 0.326 e. The van der Waals surface area contributed by atoms with Crippen molar-refractivity contribution in [1.82, 2.24) is 19.9 Å². The van der Waals surface area contributed by atoms with Gasteiger partial charge in [-0.05, 0) is 36.8 Å². The molecule has 24 heavy (non-hydrogen) atoms. The van der Waals surface area contributed by atoms with Crippen molar-refractivity contribution in [3.05, 3.63) is 42.2 Å². The van der Waals surface area contributed by atoms with Gasteiger partial charge in [-0.2, -0.15) is 9.90 Å². The molecule has 7 nitrogen and oxygen atoms in total. The molecule has 1 saturated carbocycles. The number of aromatic nitrogens is 3. The minimum absolute atomic E-state index is 0.0654. The SMILES string of the molecule is O=C(O)C1C2CCCC2CN1C(=O)c1cnn(-c2ccccc2)n1. The number of carboxylic acid groups (broad SMARTS) is 1. The van der Waals surface area contributed by atoms with Gasteiger partial charge in [-0.25, -0.2) is 4.79 Å². The zero-order chi connectivity index (χ0) is 16.7.